The molecule has 1 rings (SSSR count). The molecule has 4 nitrogen and oxygen atoms in total. The first-order valence-electron chi connectivity index (χ1n) is 4.21. The largest absolute Gasteiger partial charge is 0.247 e. The minimum atomic E-state index is -3.15. The van der Waals surface area contributed by atoms with Crippen LogP contribution >= 0.6 is 11.3 Å². The van der Waals surface area contributed by atoms with Gasteiger partial charge in [0.2, 0.25) is 10.0 Å². The molecule has 0 saturated heterocycles. The lowest BCUT2D eigenvalue weighted by Gasteiger charge is -2.10. The van der Waals surface area contributed by atoms with Gasteiger partial charge in [-0.1, -0.05) is 0 Å². The quantitative estimate of drug-likeness (QED) is 0.859. The van der Waals surface area contributed by atoms with Gasteiger partial charge in [-0.3, -0.25) is 0 Å². The summed E-state index contributed by atoms with van der Waals surface area (Å²) in [6.07, 6.45) is 1.16. The molecule has 1 heterocycles. The molecule has 0 aliphatic carbocycles. The van der Waals surface area contributed by atoms with E-state index in [0.717, 1.165) is 21.8 Å². The molecule has 0 spiro atoms. The van der Waals surface area contributed by atoms with Gasteiger partial charge in [-0.2, -0.15) is 0 Å². The van der Waals surface area contributed by atoms with E-state index in [0.29, 0.717) is 0 Å². The van der Waals surface area contributed by atoms with Crippen molar-refractivity contribution in [3.05, 3.63) is 15.6 Å². The molecule has 0 aliphatic heterocycles. The van der Waals surface area contributed by atoms with Crippen LogP contribution in [0.5, 0.6) is 0 Å². The number of nitrogens with one attached hydrogen (secondary N) is 1. The fourth-order valence-corrected chi connectivity index (χ4v) is 3.09. The predicted molar refractivity (Wildman–Crippen MR) is 58.0 cm³/mol. The standard InChI is InChI=1S/C8H14N2O2S2/c1-5-8(13-7(3)9-5)6(2)10-14(4,11)12/h6,10H,1-4H3. The first kappa shape index (κ1) is 11.6. The molecule has 0 fully saturated rings. The Balaban J connectivity index is 2.90. The highest BCUT2D eigenvalue weighted by molar-refractivity contribution is 7.88. The zero-order valence-electron chi connectivity index (χ0n) is 8.66. The molecule has 0 radical (unpaired) electrons. The summed E-state index contributed by atoms with van der Waals surface area (Å²) < 4.78 is 24.5. The van der Waals surface area contributed by atoms with Gasteiger partial charge in [0.1, 0.15) is 0 Å². The lowest BCUT2D eigenvalue weighted by Crippen LogP contribution is -2.25. The Morgan fingerprint density at radius 1 is 1.43 bits per heavy atom. The lowest BCUT2D eigenvalue weighted by atomic mass is 10.2. The van der Waals surface area contributed by atoms with Gasteiger partial charge in [0.05, 0.1) is 23.0 Å². The summed E-state index contributed by atoms with van der Waals surface area (Å²) in [6.45, 7) is 5.62. The molecular formula is C8H14N2O2S2. The maximum atomic E-state index is 11.0. The van der Waals surface area contributed by atoms with E-state index < -0.39 is 10.0 Å². The number of hydrogen-bond acceptors (Lipinski definition) is 4. The average molecular weight is 234 g/mol. The molecule has 0 aromatic carbocycles. The highest BCUT2D eigenvalue weighted by Crippen LogP contribution is 2.24. The highest BCUT2D eigenvalue weighted by atomic mass is 32.2. The van der Waals surface area contributed by atoms with Crippen LogP contribution in [0, 0.1) is 13.8 Å². The monoisotopic (exact) mass is 234 g/mol. The maximum Gasteiger partial charge on any atom is 0.209 e. The zero-order chi connectivity index (χ0) is 10.9. The highest BCUT2D eigenvalue weighted by Gasteiger charge is 2.15. The maximum absolute atomic E-state index is 11.0. The molecule has 1 atom stereocenters. The number of aromatic nitrogens is 1. The number of sulfonamides is 1. The van der Waals surface area contributed by atoms with Crippen LogP contribution in [0.3, 0.4) is 0 Å². The van der Waals surface area contributed by atoms with Crippen molar-refractivity contribution >= 4 is 21.4 Å². The second kappa shape index (κ2) is 3.96. The molecule has 0 aliphatic rings. The van der Waals surface area contributed by atoms with Gasteiger partial charge in [0.25, 0.3) is 0 Å². The van der Waals surface area contributed by atoms with Crippen molar-refractivity contribution in [1.82, 2.24) is 9.71 Å². The average Bonchev–Trinajstić information content (AvgIpc) is 2.26. The minimum Gasteiger partial charge on any atom is -0.247 e. The Morgan fingerprint density at radius 3 is 2.36 bits per heavy atom. The third-order valence-corrected chi connectivity index (χ3v) is 3.76. The van der Waals surface area contributed by atoms with E-state index in [2.05, 4.69) is 9.71 Å². The van der Waals surface area contributed by atoms with Gasteiger partial charge < -0.3 is 0 Å². The van der Waals surface area contributed by atoms with Gasteiger partial charge in [-0.15, -0.1) is 11.3 Å². The summed E-state index contributed by atoms with van der Waals surface area (Å²) in [5.74, 6) is 0. The van der Waals surface area contributed by atoms with Crippen LogP contribution in [-0.4, -0.2) is 19.7 Å². The van der Waals surface area contributed by atoms with Crippen LogP contribution in [0.1, 0.15) is 28.5 Å². The van der Waals surface area contributed by atoms with E-state index in [9.17, 15) is 8.42 Å². The van der Waals surface area contributed by atoms with Crippen LogP contribution in [-0.2, 0) is 10.0 Å². The van der Waals surface area contributed by atoms with Crippen molar-refractivity contribution in [3.8, 4) is 0 Å². The van der Waals surface area contributed by atoms with E-state index in [-0.39, 0.29) is 6.04 Å². The fourth-order valence-electron chi connectivity index (χ4n) is 1.32. The third-order valence-electron chi connectivity index (χ3n) is 1.72. The topological polar surface area (TPSA) is 59.1 Å². The van der Waals surface area contributed by atoms with Gasteiger partial charge in [-0.25, -0.2) is 18.1 Å². The first-order valence-corrected chi connectivity index (χ1v) is 6.91. The summed E-state index contributed by atoms with van der Waals surface area (Å²) in [7, 11) is -3.15. The smallest absolute Gasteiger partial charge is 0.209 e. The second-order valence-corrected chi connectivity index (χ2v) is 6.31. The van der Waals surface area contributed by atoms with Crippen molar-refractivity contribution in [2.75, 3.05) is 6.26 Å². The summed E-state index contributed by atoms with van der Waals surface area (Å²) in [5, 5.41) is 0.958. The number of hydrogen-bond donors (Lipinski definition) is 1. The van der Waals surface area contributed by atoms with Crippen molar-refractivity contribution < 1.29 is 8.42 Å². The minimum absolute atomic E-state index is 0.198. The number of nitrogens with zero attached hydrogens (tertiary/aromatic N) is 1. The van der Waals surface area contributed by atoms with Crippen LogP contribution in [0.2, 0.25) is 0 Å². The Bertz CT molecular complexity index is 423. The Hall–Kier alpha value is -0.460. The number of thiazole rings is 1. The van der Waals surface area contributed by atoms with E-state index in [1.807, 2.05) is 20.8 Å². The fraction of sp³-hybridized carbons (Fsp3) is 0.625. The third kappa shape index (κ3) is 3.04. The van der Waals surface area contributed by atoms with Crippen molar-refractivity contribution in [2.24, 2.45) is 0 Å². The van der Waals surface area contributed by atoms with Gasteiger partial charge in [0.15, 0.2) is 0 Å². The SMILES string of the molecule is Cc1nc(C)c(C(C)NS(C)(=O)=O)s1. The zero-order valence-corrected chi connectivity index (χ0v) is 10.3. The summed E-state index contributed by atoms with van der Waals surface area (Å²) in [4.78, 5) is 5.23. The molecule has 0 amide bonds. The Morgan fingerprint density at radius 2 is 2.00 bits per heavy atom. The van der Waals surface area contributed by atoms with Gasteiger partial charge >= 0.3 is 0 Å². The Kier molecular flexibility index (Phi) is 3.28. The summed E-state index contributed by atoms with van der Waals surface area (Å²) in [6, 6.07) is -0.198. The van der Waals surface area contributed by atoms with E-state index >= 15 is 0 Å². The van der Waals surface area contributed by atoms with E-state index in [1.54, 1.807) is 0 Å². The van der Waals surface area contributed by atoms with Crippen molar-refractivity contribution in [1.29, 1.82) is 0 Å². The number of rotatable bonds is 3. The molecule has 1 aromatic heterocycles. The van der Waals surface area contributed by atoms with Crippen molar-refractivity contribution in [2.45, 2.75) is 26.8 Å². The van der Waals surface area contributed by atoms with Gasteiger partial charge in [-0.05, 0) is 20.8 Å². The normalized spacial score (nSPS) is 14.3. The molecule has 1 aromatic rings. The molecule has 1 N–H and O–H groups in total. The molecule has 0 bridgehead atoms. The molecule has 80 valence electrons. The van der Waals surface area contributed by atoms with Crippen LogP contribution < -0.4 is 4.72 Å². The second-order valence-electron chi connectivity index (χ2n) is 3.29. The predicted octanol–water partition coefficient (Wildman–Crippen LogP) is 1.37. The summed E-state index contributed by atoms with van der Waals surface area (Å²) in [5.41, 5.74) is 0.899. The Labute approximate surface area is 88.4 Å². The van der Waals surface area contributed by atoms with Crippen LogP contribution in [0.25, 0.3) is 0 Å². The first-order chi connectivity index (χ1) is 6.29. The van der Waals surface area contributed by atoms with E-state index in [4.69, 9.17) is 0 Å². The molecule has 6 heteroatoms. The van der Waals surface area contributed by atoms with Gasteiger partial charge in [0, 0.05) is 4.88 Å². The summed E-state index contributed by atoms with van der Waals surface area (Å²) >= 11 is 1.53. The lowest BCUT2D eigenvalue weighted by molar-refractivity contribution is 0.574. The number of aryl methyl sites for hydroxylation is 2. The molecular weight excluding hydrogens is 220 g/mol. The molecule has 1 unspecified atom stereocenters. The van der Waals surface area contributed by atoms with E-state index in [1.165, 1.54) is 11.3 Å². The van der Waals surface area contributed by atoms with Crippen LogP contribution in [0.4, 0.5) is 0 Å². The molecule has 14 heavy (non-hydrogen) atoms. The molecule has 0 saturated carbocycles. The van der Waals surface area contributed by atoms with Crippen LogP contribution in [0.15, 0.2) is 0 Å². The van der Waals surface area contributed by atoms with Crippen molar-refractivity contribution in [3.63, 3.8) is 0 Å².